The Morgan fingerprint density at radius 3 is 2.95 bits per heavy atom. The van der Waals surface area contributed by atoms with Crippen molar-refractivity contribution in [2.75, 3.05) is 5.75 Å². The summed E-state index contributed by atoms with van der Waals surface area (Å²) in [4.78, 5) is 1.48. The number of fused-ring (bicyclic) bond motifs is 1. The highest BCUT2D eigenvalue weighted by molar-refractivity contribution is 7.99. The van der Waals surface area contributed by atoms with Crippen LogP contribution in [0.5, 0.6) is 0 Å². The molecule has 0 spiro atoms. The third-order valence-corrected chi connectivity index (χ3v) is 5.06. The minimum absolute atomic E-state index is 0.568. The first-order valence-corrected chi connectivity index (χ1v) is 8.77. The normalized spacial score (nSPS) is 20.0. The Morgan fingerprint density at radius 2 is 2.11 bits per heavy atom. The van der Waals surface area contributed by atoms with E-state index < -0.39 is 0 Å². The van der Waals surface area contributed by atoms with E-state index >= 15 is 0 Å². The average Bonchev–Trinajstić information content (AvgIpc) is 2.44. The molecular weight excluding hydrogens is 250 g/mol. The molecule has 19 heavy (non-hydrogen) atoms. The van der Waals surface area contributed by atoms with E-state index in [2.05, 4.69) is 43.4 Å². The Balaban J connectivity index is 1.83. The topological polar surface area (TPSA) is 12.0 Å². The van der Waals surface area contributed by atoms with Crippen LogP contribution in [0.25, 0.3) is 0 Å². The van der Waals surface area contributed by atoms with E-state index in [1.54, 1.807) is 0 Å². The van der Waals surface area contributed by atoms with E-state index in [1.165, 1.54) is 54.7 Å². The molecule has 1 aliphatic rings. The maximum atomic E-state index is 3.84. The molecule has 0 saturated heterocycles. The summed E-state index contributed by atoms with van der Waals surface area (Å²) in [6, 6.07) is 10.1. The van der Waals surface area contributed by atoms with E-state index in [1.807, 2.05) is 11.8 Å². The number of unbranched alkanes of at least 4 members (excludes halogenated alkanes) is 3. The molecule has 0 radical (unpaired) electrons. The number of nitrogens with one attached hydrogen (secondary N) is 1. The van der Waals surface area contributed by atoms with E-state index in [9.17, 15) is 0 Å². The molecule has 1 aromatic rings. The number of benzene rings is 1. The summed E-state index contributed by atoms with van der Waals surface area (Å²) in [5, 5.41) is 3.84. The van der Waals surface area contributed by atoms with Crippen LogP contribution < -0.4 is 5.32 Å². The highest BCUT2D eigenvalue weighted by Crippen LogP contribution is 2.36. The molecule has 1 nitrogen and oxygen atoms in total. The Labute approximate surface area is 122 Å². The second-order valence-corrected chi connectivity index (χ2v) is 6.78. The molecule has 1 heterocycles. The summed E-state index contributed by atoms with van der Waals surface area (Å²) in [5.74, 6) is 1.25. The lowest BCUT2D eigenvalue weighted by Crippen LogP contribution is -2.32. The van der Waals surface area contributed by atoms with E-state index in [0.717, 1.165) is 0 Å². The number of rotatable bonds is 7. The molecule has 2 unspecified atom stereocenters. The molecule has 2 atom stereocenters. The van der Waals surface area contributed by atoms with Gasteiger partial charge in [0.2, 0.25) is 0 Å². The largest absolute Gasteiger partial charge is 0.307 e. The Kier molecular flexibility index (Phi) is 6.25. The van der Waals surface area contributed by atoms with Crippen molar-refractivity contribution in [1.82, 2.24) is 5.32 Å². The van der Waals surface area contributed by atoms with Gasteiger partial charge in [-0.3, -0.25) is 0 Å². The zero-order valence-electron chi connectivity index (χ0n) is 12.3. The van der Waals surface area contributed by atoms with Gasteiger partial charge in [-0.2, -0.15) is 0 Å². The van der Waals surface area contributed by atoms with Gasteiger partial charge >= 0.3 is 0 Å². The van der Waals surface area contributed by atoms with Crippen molar-refractivity contribution < 1.29 is 0 Å². The van der Waals surface area contributed by atoms with Crippen LogP contribution in [0.4, 0.5) is 0 Å². The maximum absolute atomic E-state index is 3.84. The number of hydrogen-bond acceptors (Lipinski definition) is 2. The molecule has 1 aromatic carbocycles. The molecular formula is C17H27NS. The minimum Gasteiger partial charge on any atom is -0.307 e. The van der Waals surface area contributed by atoms with Crippen LogP contribution in [-0.2, 0) is 0 Å². The Hall–Kier alpha value is -0.470. The summed E-state index contributed by atoms with van der Waals surface area (Å²) in [5.41, 5.74) is 1.51. The third-order valence-electron chi connectivity index (χ3n) is 3.93. The van der Waals surface area contributed by atoms with Crippen LogP contribution in [-0.4, -0.2) is 11.8 Å². The van der Waals surface area contributed by atoms with Crippen LogP contribution in [0.1, 0.15) is 64.0 Å². The summed E-state index contributed by atoms with van der Waals surface area (Å²) < 4.78 is 0. The van der Waals surface area contributed by atoms with Gasteiger partial charge in [-0.15, -0.1) is 11.8 Å². The summed E-state index contributed by atoms with van der Waals surface area (Å²) in [7, 11) is 0. The van der Waals surface area contributed by atoms with Crippen molar-refractivity contribution in [3.63, 3.8) is 0 Å². The van der Waals surface area contributed by atoms with Gasteiger partial charge in [0.15, 0.2) is 0 Å². The standard InChI is InChI=1S/C17H27NS/c1-3-4-5-6-9-14(2)18-16-12-13-19-17-11-8-7-10-15(16)17/h7-8,10-11,14,16,18H,3-6,9,12-13H2,1-2H3. The second kappa shape index (κ2) is 7.96. The molecule has 0 aliphatic carbocycles. The number of thioether (sulfide) groups is 1. The fraction of sp³-hybridized carbons (Fsp3) is 0.647. The van der Waals surface area contributed by atoms with Gasteiger partial charge in [-0.1, -0.05) is 50.8 Å². The Morgan fingerprint density at radius 1 is 1.26 bits per heavy atom. The lowest BCUT2D eigenvalue weighted by Gasteiger charge is -2.29. The molecule has 1 N–H and O–H groups in total. The third kappa shape index (κ3) is 4.54. The quantitative estimate of drug-likeness (QED) is 0.690. The van der Waals surface area contributed by atoms with E-state index in [-0.39, 0.29) is 0 Å². The highest BCUT2D eigenvalue weighted by atomic mass is 32.2. The smallest absolute Gasteiger partial charge is 0.0341 e. The predicted molar refractivity (Wildman–Crippen MR) is 85.9 cm³/mol. The van der Waals surface area contributed by atoms with Crippen LogP contribution in [0, 0.1) is 0 Å². The van der Waals surface area contributed by atoms with Crippen LogP contribution in [0.2, 0.25) is 0 Å². The van der Waals surface area contributed by atoms with Gasteiger partial charge in [0, 0.05) is 17.0 Å². The molecule has 0 saturated carbocycles. The van der Waals surface area contributed by atoms with Crippen LogP contribution >= 0.6 is 11.8 Å². The molecule has 0 amide bonds. The zero-order chi connectivity index (χ0) is 13.5. The Bertz CT molecular complexity index is 377. The molecule has 106 valence electrons. The highest BCUT2D eigenvalue weighted by Gasteiger charge is 2.21. The number of hydrogen-bond donors (Lipinski definition) is 1. The van der Waals surface area contributed by atoms with Gasteiger partial charge < -0.3 is 5.32 Å². The second-order valence-electron chi connectivity index (χ2n) is 5.64. The summed E-state index contributed by atoms with van der Waals surface area (Å²) >= 11 is 2.00. The van der Waals surface area contributed by atoms with Gasteiger partial charge in [0.1, 0.15) is 0 Å². The molecule has 2 heteroatoms. The van der Waals surface area contributed by atoms with Crippen LogP contribution in [0.3, 0.4) is 0 Å². The maximum Gasteiger partial charge on any atom is 0.0341 e. The summed E-state index contributed by atoms with van der Waals surface area (Å²) in [6.45, 7) is 4.62. The monoisotopic (exact) mass is 277 g/mol. The lowest BCUT2D eigenvalue weighted by molar-refractivity contribution is 0.409. The van der Waals surface area contributed by atoms with E-state index in [0.29, 0.717) is 12.1 Å². The summed E-state index contributed by atoms with van der Waals surface area (Å²) in [6.07, 6.45) is 8.04. The fourth-order valence-electron chi connectivity index (χ4n) is 2.82. The molecule has 0 fully saturated rings. The fourth-order valence-corrected chi connectivity index (χ4v) is 3.94. The van der Waals surface area contributed by atoms with Gasteiger partial charge in [-0.05, 0) is 37.1 Å². The van der Waals surface area contributed by atoms with Crippen molar-refractivity contribution in [2.24, 2.45) is 0 Å². The zero-order valence-corrected chi connectivity index (χ0v) is 13.1. The van der Waals surface area contributed by atoms with Crippen molar-refractivity contribution >= 4 is 11.8 Å². The van der Waals surface area contributed by atoms with Crippen molar-refractivity contribution in [3.8, 4) is 0 Å². The minimum atomic E-state index is 0.568. The SMILES string of the molecule is CCCCCCC(C)NC1CCSc2ccccc21. The molecule has 2 rings (SSSR count). The van der Waals surface area contributed by atoms with Crippen molar-refractivity contribution in [2.45, 2.75) is 69.4 Å². The molecule has 0 bridgehead atoms. The van der Waals surface area contributed by atoms with Gasteiger partial charge in [-0.25, -0.2) is 0 Å². The first kappa shape index (κ1) is 14.9. The van der Waals surface area contributed by atoms with Crippen LogP contribution in [0.15, 0.2) is 29.2 Å². The van der Waals surface area contributed by atoms with Crippen molar-refractivity contribution in [1.29, 1.82) is 0 Å². The van der Waals surface area contributed by atoms with Gasteiger partial charge in [0.05, 0.1) is 0 Å². The van der Waals surface area contributed by atoms with Gasteiger partial charge in [0.25, 0.3) is 0 Å². The first-order valence-electron chi connectivity index (χ1n) is 7.79. The predicted octanol–water partition coefficient (Wildman–Crippen LogP) is 5.17. The molecule has 0 aromatic heterocycles. The average molecular weight is 277 g/mol. The first-order chi connectivity index (χ1) is 9.31. The van der Waals surface area contributed by atoms with Crippen molar-refractivity contribution in [3.05, 3.63) is 29.8 Å². The van der Waals surface area contributed by atoms with E-state index in [4.69, 9.17) is 0 Å². The lowest BCUT2D eigenvalue weighted by atomic mass is 10.0. The molecule has 1 aliphatic heterocycles.